The van der Waals surface area contributed by atoms with Crippen molar-refractivity contribution in [2.24, 2.45) is 5.73 Å². The minimum absolute atomic E-state index is 0.0686. The zero-order chi connectivity index (χ0) is 27.3. The Hall–Kier alpha value is -4.21. The van der Waals surface area contributed by atoms with E-state index in [2.05, 4.69) is 0 Å². The molecule has 3 rings (SSSR count). The van der Waals surface area contributed by atoms with Crippen molar-refractivity contribution in [2.45, 2.75) is 39.7 Å². The summed E-state index contributed by atoms with van der Waals surface area (Å²) in [6.07, 6.45) is 1.97. The van der Waals surface area contributed by atoms with E-state index in [0.717, 1.165) is 17.3 Å². The molecule has 8 nitrogen and oxygen atoms in total. The largest absolute Gasteiger partial charge is 0.499 e. The number of aromatic nitrogens is 1. The Morgan fingerprint density at radius 1 is 1.08 bits per heavy atom. The van der Waals surface area contributed by atoms with Gasteiger partial charge in [-0.3, -0.25) is 14.8 Å². The summed E-state index contributed by atoms with van der Waals surface area (Å²) in [4.78, 5) is 21.7. The number of nitrogens with zero attached hydrogens (tertiary/aromatic N) is 1. The number of hydrogen-bond donors (Lipinski definition) is 3. The molecule has 0 spiro atoms. The van der Waals surface area contributed by atoms with Gasteiger partial charge in [-0.1, -0.05) is 31.2 Å². The van der Waals surface area contributed by atoms with Crippen LogP contribution in [0.15, 0.2) is 60.8 Å². The second-order valence-electron chi connectivity index (χ2n) is 7.57. The van der Waals surface area contributed by atoms with Crippen LogP contribution >= 0.6 is 0 Å². The predicted molar refractivity (Wildman–Crippen MR) is 128 cm³/mol. The summed E-state index contributed by atoms with van der Waals surface area (Å²) >= 11 is 0. The fraction of sp³-hybridized carbons (Fsp3) is 0.269. The molecule has 0 fully saturated rings. The number of hydrogen-bond acceptors (Lipinski definition) is 6. The molecule has 0 saturated heterocycles. The Morgan fingerprint density at radius 3 is 2.19 bits per heavy atom. The lowest BCUT2D eigenvalue weighted by molar-refractivity contribution is -0.906. The molecule has 3 aromatic rings. The molecule has 1 heterocycles. The van der Waals surface area contributed by atoms with E-state index in [4.69, 9.17) is 20.4 Å². The van der Waals surface area contributed by atoms with Gasteiger partial charge in [0, 0.05) is 17.6 Å². The molecular formula is C26H31F2N2O6+. The lowest BCUT2D eigenvalue weighted by Crippen LogP contribution is -2.39. The maximum Gasteiger partial charge on any atom is 0.366 e. The summed E-state index contributed by atoms with van der Waals surface area (Å²) in [5.74, 6) is -1.98. The van der Waals surface area contributed by atoms with Crippen molar-refractivity contribution in [3.8, 4) is 11.5 Å². The van der Waals surface area contributed by atoms with Crippen molar-refractivity contribution in [3.63, 3.8) is 0 Å². The van der Waals surface area contributed by atoms with Crippen LogP contribution in [-0.4, -0.2) is 35.4 Å². The van der Waals surface area contributed by atoms with E-state index in [1.54, 1.807) is 25.1 Å². The van der Waals surface area contributed by atoms with Gasteiger partial charge in [0.1, 0.15) is 17.7 Å². The van der Waals surface area contributed by atoms with Crippen molar-refractivity contribution in [3.05, 3.63) is 89.2 Å². The third-order valence-electron chi connectivity index (χ3n) is 4.55. The Kier molecular flexibility index (Phi) is 12.4. The summed E-state index contributed by atoms with van der Waals surface area (Å²) in [6.45, 7) is 5.45. The van der Waals surface area contributed by atoms with Crippen LogP contribution in [0.3, 0.4) is 0 Å². The second kappa shape index (κ2) is 14.9. The Morgan fingerprint density at radius 2 is 1.72 bits per heavy atom. The number of ether oxygens (including phenoxy) is 2. The number of amides is 1. The molecule has 0 bridgehead atoms. The van der Waals surface area contributed by atoms with Crippen LogP contribution < -0.4 is 15.2 Å². The summed E-state index contributed by atoms with van der Waals surface area (Å²) < 4.78 is 35.0. The van der Waals surface area contributed by atoms with Gasteiger partial charge in [0.25, 0.3) is 0 Å². The fourth-order valence-electron chi connectivity index (χ4n) is 2.82. The van der Waals surface area contributed by atoms with Gasteiger partial charge in [0.05, 0.1) is 13.2 Å². The topological polar surface area (TPSA) is 123 Å². The first-order valence-corrected chi connectivity index (χ1v) is 10.9. The summed E-state index contributed by atoms with van der Waals surface area (Å²) in [5.41, 5.74) is 6.41. The highest BCUT2D eigenvalue weighted by atomic mass is 19.1. The van der Waals surface area contributed by atoms with Crippen LogP contribution in [0.1, 0.15) is 41.9 Å². The van der Waals surface area contributed by atoms with E-state index in [1.807, 2.05) is 19.9 Å². The van der Waals surface area contributed by atoms with Crippen LogP contribution in [0.4, 0.5) is 8.78 Å². The standard InChI is InChI=1S/C12H15FO2.C7H7F.C7H8N2O4/c1-3-12(14)15-9(2)8-10-4-6-11(13)7-5-10;1-6-3-2-4-7(8)5-6;1-13-4-2-3-9(12)5(6(4)10)7(8)11/h4-7,9H,3,8H2,1-2H3;2-5H,1H3;2-3H,1H3,(H3-,8,10,11,12)/p+1. The Bertz CT molecular complexity index is 1120. The van der Waals surface area contributed by atoms with E-state index >= 15 is 0 Å². The van der Waals surface area contributed by atoms with Crippen molar-refractivity contribution in [1.82, 2.24) is 0 Å². The van der Waals surface area contributed by atoms with Gasteiger partial charge >= 0.3 is 17.6 Å². The number of primary amides is 1. The highest BCUT2D eigenvalue weighted by Gasteiger charge is 2.26. The van der Waals surface area contributed by atoms with Gasteiger partial charge < -0.3 is 20.3 Å². The minimum atomic E-state index is -0.945. The fourth-order valence-corrected chi connectivity index (χ4v) is 2.82. The number of nitrogens with two attached hydrogens (primary N) is 1. The van der Waals surface area contributed by atoms with Gasteiger partial charge in [-0.05, 0) is 49.2 Å². The first kappa shape index (κ1) is 29.8. The van der Waals surface area contributed by atoms with Crippen LogP contribution in [0.25, 0.3) is 0 Å². The van der Waals surface area contributed by atoms with Crippen LogP contribution in [0.5, 0.6) is 11.5 Å². The Labute approximate surface area is 208 Å². The highest BCUT2D eigenvalue weighted by Crippen LogP contribution is 2.25. The molecule has 0 aliphatic carbocycles. The van der Waals surface area contributed by atoms with E-state index < -0.39 is 17.4 Å². The quantitative estimate of drug-likeness (QED) is 0.266. The van der Waals surface area contributed by atoms with E-state index in [1.165, 1.54) is 37.4 Å². The van der Waals surface area contributed by atoms with Gasteiger partial charge in [-0.15, -0.1) is 0 Å². The normalized spacial score (nSPS) is 10.6. The molecule has 0 aliphatic heterocycles. The number of benzene rings is 2. The van der Waals surface area contributed by atoms with Gasteiger partial charge in [-0.25, -0.2) is 8.78 Å². The molecule has 0 aliphatic rings. The van der Waals surface area contributed by atoms with Crippen molar-refractivity contribution < 1.29 is 42.9 Å². The molecule has 194 valence electrons. The number of rotatable bonds is 6. The molecule has 10 heteroatoms. The molecule has 1 aromatic heterocycles. The molecule has 1 unspecified atom stereocenters. The number of carbonyl (C=O) groups is 2. The van der Waals surface area contributed by atoms with Crippen LogP contribution in [0.2, 0.25) is 0 Å². The average molecular weight is 506 g/mol. The van der Waals surface area contributed by atoms with Gasteiger partial charge in [-0.2, -0.15) is 0 Å². The summed E-state index contributed by atoms with van der Waals surface area (Å²) in [6, 6.07) is 14.0. The Balaban J connectivity index is 0.000000282. The zero-order valence-electron chi connectivity index (χ0n) is 20.6. The zero-order valence-corrected chi connectivity index (χ0v) is 20.6. The third kappa shape index (κ3) is 10.4. The summed E-state index contributed by atoms with van der Waals surface area (Å²) in [7, 11) is 1.32. The second-order valence-corrected chi connectivity index (χ2v) is 7.57. The first-order chi connectivity index (χ1) is 17.0. The van der Waals surface area contributed by atoms with Crippen molar-refractivity contribution >= 4 is 11.9 Å². The molecule has 0 saturated carbocycles. The highest BCUT2D eigenvalue weighted by molar-refractivity contribution is 5.92. The first-order valence-electron chi connectivity index (χ1n) is 10.9. The maximum absolute atomic E-state index is 12.6. The molecule has 36 heavy (non-hydrogen) atoms. The SMILES string of the molecule is CCC(=O)OC(C)Cc1ccc(F)cc1.COc1cc[n+](O)c(C(N)=O)c1O.Cc1cccc(F)c1. The molecule has 2 aromatic carbocycles. The average Bonchev–Trinajstić information content (AvgIpc) is 2.81. The lowest BCUT2D eigenvalue weighted by Gasteiger charge is -2.12. The monoisotopic (exact) mass is 505 g/mol. The molecular weight excluding hydrogens is 474 g/mol. The third-order valence-corrected chi connectivity index (χ3v) is 4.55. The number of esters is 1. The van der Waals surface area contributed by atoms with E-state index in [9.17, 15) is 23.5 Å². The van der Waals surface area contributed by atoms with Gasteiger partial charge in [0.2, 0.25) is 11.9 Å². The molecule has 4 N–H and O–H groups in total. The minimum Gasteiger partial charge on any atom is -0.499 e. The lowest BCUT2D eigenvalue weighted by atomic mass is 10.1. The predicted octanol–water partition coefficient (Wildman–Crippen LogP) is 3.87. The van der Waals surface area contributed by atoms with Crippen molar-refractivity contribution in [2.75, 3.05) is 7.11 Å². The van der Waals surface area contributed by atoms with Crippen molar-refractivity contribution in [1.29, 1.82) is 0 Å². The number of carbonyl (C=O) groups excluding carboxylic acids is 2. The number of pyridine rings is 1. The van der Waals surface area contributed by atoms with Gasteiger partial charge in [0.15, 0.2) is 5.75 Å². The number of methoxy groups -OCH3 is 1. The van der Waals surface area contributed by atoms with E-state index in [0.29, 0.717) is 17.6 Å². The maximum atomic E-state index is 12.6. The summed E-state index contributed by atoms with van der Waals surface area (Å²) in [5, 5.41) is 18.4. The van der Waals surface area contributed by atoms with E-state index in [-0.39, 0.29) is 29.5 Å². The number of halogens is 2. The number of aromatic hydroxyl groups is 1. The van der Waals surface area contributed by atoms with Crippen LogP contribution in [-0.2, 0) is 16.0 Å². The molecule has 0 radical (unpaired) electrons. The molecule has 1 atom stereocenters. The molecule has 1 amide bonds. The smallest absolute Gasteiger partial charge is 0.366 e. The number of aryl methyl sites for hydroxylation is 1. The van der Waals surface area contributed by atoms with Crippen LogP contribution in [0, 0.1) is 18.6 Å².